The van der Waals surface area contributed by atoms with Crippen molar-refractivity contribution in [3.05, 3.63) is 34.1 Å². The highest BCUT2D eigenvalue weighted by atomic mass is 35.5. The Labute approximate surface area is 94.6 Å². The molecule has 1 N–H and O–H groups in total. The molecule has 0 atom stereocenters. The fraction of sp³-hybridized carbons (Fsp3) is 0.500. The van der Waals surface area contributed by atoms with Crippen LogP contribution in [-0.4, -0.2) is 13.1 Å². The van der Waals surface area contributed by atoms with Crippen molar-refractivity contribution in [1.29, 1.82) is 0 Å². The lowest BCUT2D eigenvalue weighted by Crippen LogP contribution is -2.27. The zero-order valence-electron chi connectivity index (χ0n) is 8.82. The first-order chi connectivity index (χ1) is 7.20. The molecule has 1 heterocycles. The maximum absolute atomic E-state index is 13.7. The fourth-order valence-corrected chi connectivity index (χ4v) is 2.45. The normalized spacial score (nSPS) is 18.1. The van der Waals surface area contributed by atoms with Crippen LogP contribution < -0.4 is 5.32 Å². The van der Waals surface area contributed by atoms with Gasteiger partial charge in [0, 0.05) is 5.02 Å². The second-order valence-corrected chi connectivity index (χ2v) is 4.50. The number of benzene rings is 1. The van der Waals surface area contributed by atoms with Crippen molar-refractivity contribution in [2.24, 2.45) is 0 Å². The Hall–Kier alpha value is -0.600. The molecule has 1 saturated heterocycles. The van der Waals surface area contributed by atoms with Crippen LogP contribution in [0.3, 0.4) is 0 Å². The lowest BCUT2D eigenvalue weighted by molar-refractivity contribution is 0.443. The predicted molar refractivity (Wildman–Crippen MR) is 61.0 cm³/mol. The minimum Gasteiger partial charge on any atom is -0.317 e. The topological polar surface area (TPSA) is 12.0 Å². The van der Waals surface area contributed by atoms with Gasteiger partial charge in [0.15, 0.2) is 0 Å². The van der Waals surface area contributed by atoms with Crippen LogP contribution in [0.25, 0.3) is 0 Å². The molecule has 1 fully saturated rings. The van der Waals surface area contributed by atoms with E-state index in [1.165, 1.54) is 6.07 Å². The third-order valence-electron chi connectivity index (χ3n) is 3.14. The van der Waals surface area contributed by atoms with Crippen LogP contribution in [0.1, 0.15) is 29.9 Å². The van der Waals surface area contributed by atoms with Gasteiger partial charge >= 0.3 is 0 Å². The summed E-state index contributed by atoms with van der Waals surface area (Å²) in [7, 11) is 0. The van der Waals surface area contributed by atoms with Crippen molar-refractivity contribution >= 4 is 11.6 Å². The molecule has 1 nitrogen and oxygen atoms in total. The number of hydrogen-bond acceptors (Lipinski definition) is 1. The molecular formula is C12H15ClFN. The molecule has 1 aromatic rings. The molecular weight excluding hydrogens is 213 g/mol. The highest BCUT2D eigenvalue weighted by Crippen LogP contribution is 2.33. The van der Waals surface area contributed by atoms with Gasteiger partial charge in [0.1, 0.15) is 5.82 Å². The number of rotatable bonds is 1. The minimum atomic E-state index is -0.108. The van der Waals surface area contributed by atoms with E-state index in [2.05, 4.69) is 5.32 Å². The molecule has 3 heteroatoms. The van der Waals surface area contributed by atoms with Crippen LogP contribution in [-0.2, 0) is 0 Å². The van der Waals surface area contributed by atoms with Crippen LogP contribution in [0.5, 0.6) is 0 Å². The van der Waals surface area contributed by atoms with E-state index >= 15 is 0 Å². The van der Waals surface area contributed by atoms with Gasteiger partial charge in [-0.25, -0.2) is 4.39 Å². The second-order valence-electron chi connectivity index (χ2n) is 4.09. The van der Waals surface area contributed by atoms with Gasteiger partial charge in [0.25, 0.3) is 0 Å². The zero-order chi connectivity index (χ0) is 10.8. The fourth-order valence-electron chi connectivity index (χ4n) is 2.28. The molecule has 0 unspecified atom stereocenters. The molecule has 0 amide bonds. The van der Waals surface area contributed by atoms with E-state index in [-0.39, 0.29) is 5.82 Å². The second kappa shape index (κ2) is 4.50. The average molecular weight is 228 g/mol. The summed E-state index contributed by atoms with van der Waals surface area (Å²) in [5.74, 6) is 0.216. The molecule has 1 aromatic carbocycles. The Morgan fingerprint density at radius 3 is 2.67 bits per heavy atom. The van der Waals surface area contributed by atoms with Crippen molar-refractivity contribution in [2.45, 2.75) is 25.7 Å². The monoisotopic (exact) mass is 227 g/mol. The highest BCUT2D eigenvalue weighted by molar-refractivity contribution is 6.31. The zero-order valence-corrected chi connectivity index (χ0v) is 9.57. The Morgan fingerprint density at radius 1 is 1.33 bits per heavy atom. The van der Waals surface area contributed by atoms with Gasteiger partial charge in [0.2, 0.25) is 0 Å². The minimum absolute atomic E-state index is 0.108. The summed E-state index contributed by atoms with van der Waals surface area (Å²) < 4.78 is 13.7. The van der Waals surface area contributed by atoms with E-state index in [9.17, 15) is 4.39 Å². The van der Waals surface area contributed by atoms with Gasteiger partial charge in [-0.3, -0.25) is 0 Å². The largest absolute Gasteiger partial charge is 0.317 e. The summed E-state index contributed by atoms with van der Waals surface area (Å²) in [6.07, 6.45) is 2.00. The van der Waals surface area contributed by atoms with E-state index < -0.39 is 0 Å². The van der Waals surface area contributed by atoms with Gasteiger partial charge in [-0.1, -0.05) is 11.6 Å². The molecule has 0 spiro atoms. The summed E-state index contributed by atoms with van der Waals surface area (Å²) in [6.45, 7) is 3.84. The van der Waals surface area contributed by atoms with Gasteiger partial charge in [0.05, 0.1) is 0 Å². The van der Waals surface area contributed by atoms with Crippen molar-refractivity contribution in [3.8, 4) is 0 Å². The third-order valence-corrected chi connectivity index (χ3v) is 3.55. The lowest BCUT2D eigenvalue weighted by atomic mass is 9.87. The smallest absolute Gasteiger partial charge is 0.127 e. The molecule has 0 aromatic heterocycles. The van der Waals surface area contributed by atoms with Gasteiger partial charge < -0.3 is 5.32 Å². The van der Waals surface area contributed by atoms with Crippen LogP contribution in [0.4, 0.5) is 4.39 Å². The summed E-state index contributed by atoms with van der Waals surface area (Å²) in [6, 6.07) is 3.11. The first kappa shape index (κ1) is 10.9. The van der Waals surface area contributed by atoms with Gasteiger partial charge in [-0.05, 0) is 62.0 Å². The van der Waals surface area contributed by atoms with Crippen molar-refractivity contribution in [1.82, 2.24) is 5.32 Å². The Bertz CT molecular complexity index is 359. The maximum Gasteiger partial charge on any atom is 0.127 e. The van der Waals surface area contributed by atoms with Gasteiger partial charge in [-0.15, -0.1) is 0 Å². The molecule has 0 saturated carbocycles. The average Bonchev–Trinajstić information content (AvgIpc) is 2.26. The Kier molecular flexibility index (Phi) is 3.27. The molecule has 0 aliphatic carbocycles. The Morgan fingerprint density at radius 2 is 2.00 bits per heavy atom. The summed E-state index contributed by atoms with van der Waals surface area (Å²) in [5, 5.41) is 3.95. The first-order valence-electron chi connectivity index (χ1n) is 5.35. The van der Waals surface area contributed by atoms with E-state index in [0.29, 0.717) is 10.9 Å². The molecule has 82 valence electrons. The van der Waals surface area contributed by atoms with Crippen LogP contribution in [0.2, 0.25) is 5.02 Å². The molecule has 0 radical (unpaired) electrons. The lowest BCUT2D eigenvalue weighted by Gasteiger charge is -2.25. The molecule has 1 aliphatic heterocycles. The standard InChI is InChI=1S/C12H15ClFN/c1-8-10(13)2-3-11(14)12(8)9-4-6-15-7-5-9/h2-3,9,15H,4-7H2,1H3. The summed E-state index contributed by atoms with van der Waals surface area (Å²) in [5.41, 5.74) is 1.73. The maximum atomic E-state index is 13.7. The van der Waals surface area contributed by atoms with Crippen molar-refractivity contribution in [2.75, 3.05) is 13.1 Å². The van der Waals surface area contributed by atoms with Crippen LogP contribution in [0, 0.1) is 12.7 Å². The quantitative estimate of drug-likeness (QED) is 0.777. The van der Waals surface area contributed by atoms with Gasteiger partial charge in [-0.2, -0.15) is 0 Å². The van der Waals surface area contributed by atoms with Crippen molar-refractivity contribution < 1.29 is 4.39 Å². The molecule has 2 rings (SSSR count). The van der Waals surface area contributed by atoms with Crippen LogP contribution >= 0.6 is 11.6 Å². The van der Waals surface area contributed by atoms with E-state index in [1.807, 2.05) is 6.92 Å². The first-order valence-corrected chi connectivity index (χ1v) is 5.73. The third kappa shape index (κ3) is 2.16. The molecule has 15 heavy (non-hydrogen) atoms. The van der Waals surface area contributed by atoms with Crippen molar-refractivity contribution in [3.63, 3.8) is 0 Å². The number of nitrogens with one attached hydrogen (secondary N) is 1. The number of hydrogen-bond donors (Lipinski definition) is 1. The van der Waals surface area contributed by atoms with Crippen LogP contribution in [0.15, 0.2) is 12.1 Å². The van der Waals surface area contributed by atoms with E-state index in [0.717, 1.165) is 37.1 Å². The Balaban J connectivity index is 2.36. The molecule has 1 aliphatic rings. The highest BCUT2D eigenvalue weighted by Gasteiger charge is 2.21. The summed E-state index contributed by atoms with van der Waals surface area (Å²) in [4.78, 5) is 0. The summed E-state index contributed by atoms with van der Waals surface area (Å²) >= 11 is 6.02. The van der Waals surface area contributed by atoms with E-state index in [4.69, 9.17) is 11.6 Å². The number of piperidine rings is 1. The number of halogens is 2. The predicted octanol–water partition coefficient (Wildman–Crippen LogP) is 3.25. The molecule has 0 bridgehead atoms. The van der Waals surface area contributed by atoms with E-state index in [1.54, 1.807) is 6.07 Å². The SMILES string of the molecule is Cc1c(Cl)ccc(F)c1C1CCNCC1.